The van der Waals surface area contributed by atoms with E-state index in [0.717, 1.165) is 0 Å². The summed E-state index contributed by atoms with van der Waals surface area (Å²) in [4.78, 5) is 8.20. The Hall–Kier alpha value is -1.84. The molecule has 0 aliphatic carbocycles. The maximum Gasteiger partial charge on any atom is 0.189 e. The van der Waals surface area contributed by atoms with Gasteiger partial charge in [-0.1, -0.05) is 23.4 Å². The molecule has 7 heteroatoms. The maximum absolute atomic E-state index is 13.1. The standard InChI is InChI=1S/C12H8ClFN4S/c1-19-12-16-6-7(5-15)11(18-12)17-8-2-3-10(14)9(13)4-8/h2-4,6H,1H3,(H,16,17,18). The van der Waals surface area contributed by atoms with Crippen LogP contribution in [0, 0.1) is 17.1 Å². The molecule has 0 aliphatic rings. The van der Waals surface area contributed by atoms with Gasteiger partial charge >= 0.3 is 0 Å². The van der Waals surface area contributed by atoms with Crippen molar-refractivity contribution < 1.29 is 4.39 Å². The van der Waals surface area contributed by atoms with Crippen LogP contribution in [0.5, 0.6) is 0 Å². The van der Waals surface area contributed by atoms with Crippen molar-refractivity contribution in [2.45, 2.75) is 5.16 Å². The van der Waals surface area contributed by atoms with Crippen LogP contribution in [0.1, 0.15) is 5.56 Å². The van der Waals surface area contributed by atoms with Crippen molar-refractivity contribution in [2.24, 2.45) is 0 Å². The van der Waals surface area contributed by atoms with Crippen LogP contribution >= 0.6 is 23.4 Å². The number of rotatable bonds is 3. The predicted molar refractivity (Wildman–Crippen MR) is 73.2 cm³/mol. The summed E-state index contributed by atoms with van der Waals surface area (Å²) in [5.41, 5.74) is 0.854. The highest BCUT2D eigenvalue weighted by atomic mass is 35.5. The van der Waals surface area contributed by atoms with E-state index in [1.807, 2.05) is 12.3 Å². The molecule has 0 unspecified atom stereocenters. The van der Waals surface area contributed by atoms with Crippen molar-refractivity contribution in [1.82, 2.24) is 9.97 Å². The first-order chi connectivity index (χ1) is 9.13. The van der Waals surface area contributed by atoms with Crippen LogP contribution in [0.2, 0.25) is 5.02 Å². The number of nitriles is 1. The number of hydrogen-bond acceptors (Lipinski definition) is 5. The van der Waals surface area contributed by atoms with Gasteiger partial charge < -0.3 is 5.32 Å². The Kier molecular flexibility index (Phi) is 4.20. The van der Waals surface area contributed by atoms with Crippen LogP contribution in [-0.2, 0) is 0 Å². The lowest BCUT2D eigenvalue weighted by Crippen LogP contribution is -2.00. The second kappa shape index (κ2) is 5.87. The van der Waals surface area contributed by atoms with Crippen LogP contribution < -0.4 is 5.32 Å². The van der Waals surface area contributed by atoms with Crippen molar-refractivity contribution in [3.05, 3.63) is 40.8 Å². The highest BCUT2D eigenvalue weighted by molar-refractivity contribution is 7.98. The van der Waals surface area contributed by atoms with Crippen LogP contribution in [0.4, 0.5) is 15.9 Å². The molecule has 0 fully saturated rings. The van der Waals surface area contributed by atoms with Gasteiger partial charge in [0, 0.05) is 5.69 Å². The quantitative estimate of drug-likeness (QED) is 0.692. The number of aromatic nitrogens is 2. The van der Waals surface area contributed by atoms with Crippen molar-refractivity contribution in [1.29, 1.82) is 5.26 Å². The Labute approximate surface area is 118 Å². The summed E-state index contributed by atoms with van der Waals surface area (Å²) in [7, 11) is 0. The largest absolute Gasteiger partial charge is 0.339 e. The molecule has 1 N–H and O–H groups in total. The smallest absolute Gasteiger partial charge is 0.189 e. The summed E-state index contributed by atoms with van der Waals surface area (Å²) in [6.45, 7) is 0. The van der Waals surface area contributed by atoms with E-state index < -0.39 is 5.82 Å². The van der Waals surface area contributed by atoms with Crippen molar-refractivity contribution >= 4 is 34.9 Å². The molecule has 0 saturated carbocycles. The van der Waals surface area contributed by atoms with E-state index in [-0.39, 0.29) is 5.02 Å². The number of benzene rings is 1. The number of nitrogens with zero attached hydrogens (tertiary/aromatic N) is 3. The van der Waals surface area contributed by atoms with Gasteiger partial charge in [-0.3, -0.25) is 0 Å². The van der Waals surface area contributed by atoms with Crippen LogP contribution in [0.3, 0.4) is 0 Å². The minimum atomic E-state index is -0.500. The molecule has 19 heavy (non-hydrogen) atoms. The van der Waals surface area contributed by atoms with E-state index >= 15 is 0 Å². The summed E-state index contributed by atoms with van der Waals surface area (Å²) in [6.07, 6.45) is 3.27. The van der Waals surface area contributed by atoms with E-state index in [1.54, 1.807) is 0 Å². The second-order valence-corrected chi connectivity index (χ2v) is 4.67. The highest BCUT2D eigenvalue weighted by Crippen LogP contribution is 2.24. The van der Waals surface area contributed by atoms with Crippen LogP contribution in [-0.4, -0.2) is 16.2 Å². The molecule has 0 aliphatic heterocycles. The Morgan fingerprint density at radius 3 is 2.89 bits per heavy atom. The van der Waals surface area contributed by atoms with E-state index in [9.17, 15) is 4.39 Å². The Morgan fingerprint density at radius 2 is 2.26 bits per heavy atom. The molecule has 0 saturated heterocycles. The first-order valence-corrected chi connectivity index (χ1v) is 6.77. The molecule has 0 atom stereocenters. The predicted octanol–water partition coefficient (Wildman–Crippen LogP) is 3.61. The zero-order valence-electron chi connectivity index (χ0n) is 9.82. The number of anilines is 2. The van der Waals surface area contributed by atoms with Gasteiger partial charge in [0.2, 0.25) is 0 Å². The fourth-order valence-electron chi connectivity index (χ4n) is 1.35. The van der Waals surface area contributed by atoms with Crippen molar-refractivity contribution in [3.8, 4) is 6.07 Å². The molecule has 0 bridgehead atoms. The van der Waals surface area contributed by atoms with Gasteiger partial charge in [-0.2, -0.15) is 5.26 Å². The topological polar surface area (TPSA) is 61.6 Å². The lowest BCUT2D eigenvalue weighted by molar-refractivity contribution is 0.628. The number of nitrogens with one attached hydrogen (secondary N) is 1. The molecular formula is C12H8ClFN4S. The third-order valence-electron chi connectivity index (χ3n) is 2.25. The van der Waals surface area contributed by atoms with Gasteiger partial charge in [-0.05, 0) is 24.5 Å². The molecule has 4 nitrogen and oxygen atoms in total. The molecule has 0 spiro atoms. The van der Waals surface area contributed by atoms with Crippen molar-refractivity contribution in [2.75, 3.05) is 11.6 Å². The second-order valence-electron chi connectivity index (χ2n) is 3.48. The van der Waals surface area contributed by atoms with Gasteiger partial charge in [0.15, 0.2) is 11.0 Å². The third-order valence-corrected chi connectivity index (χ3v) is 3.10. The number of halogens is 2. The normalized spacial score (nSPS) is 10.0. The lowest BCUT2D eigenvalue weighted by Gasteiger charge is -2.08. The van der Waals surface area contributed by atoms with E-state index in [0.29, 0.717) is 22.2 Å². The van der Waals surface area contributed by atoms with Gasteiger partial charge in [0.1, 0.15) is 17.4 Å². The Bertz CT molecular complexity index is 657. The fourth-order valence-corrected chi connectivity index (χ4v) is 1.87. The minimum Gasteiger partial charge on any atom is -0.339 e. The van der Waals surface area contributed by atoms with Gasteiger partial charge in [-0.25, -0.2) is 14.4 Å². The van der Waals surface area contributed by atoms with Crippen LogP contribution in [0.15, 0.2) is 29.6 Å². The molecule has 2 rings (SSSR count). The monoisotopic (exact) mass is 294 g/mol. The van der Waals surface area contributed by atoms with E-state index in [2.05, 4.69) is 15.3 Å². The first kappa shape index (κ1) is 13.6. The zero-order valence-corrected chi connectivity index (χ0v) is 11.4. The third kappa shape index (κ3) is 3.13. The molecule has 0 radical (unpaired) electrons. The molecular weight excluding hydrogens is 287 g/mol. The molecule has 2 aromatic rings. The SMILES string of the molecule is CSc1ncc(C#N)c(Nc2ccc(F)c(Cl)c2)n1. The number of hydrogen-bond donors (Lipinski definition) is 1. The van der Waals surface area contributed by atoms with E-state index in [4.69, 9.17) is 16.9 Å². The molecule has 0 amide bonds. The molecule has 1 aromatic heterocycles. The van der Waals surface area contributed by atoms with Crippen molar-refractivity contribution in [3.63, 3.8) is 0 Å². The summed E-state index contributed by atoms with van der Waals surface area (Å²) in [5.74, 6) is -0.135. The summed E-state index contributed by atoms with van der Waals surface area (Å²) in [5, 5.41) is 12.5. The average Bonchev–Trinajstić information content (AvgIpc) is 2.43. The van der Waals surface area contributed by atoms with Gasteiger partial charge in [0.05, 0.1) is 11.2 Å². The summed E-state index contributed by atoms with van der Waals surface area (Å²) < 4.78 is 13.1. The van der Waals surface area contributed by atoms with Gasteiger partial charge in [0.25, 0.3) is 0 Å². The maximum atomic E-state index is 13.1. The molecule has 1 aromatic carbocycles. The zero-order chi connectivity index (χ0) is 13.8. The average molecular weight is 295 g/mol. The highest BCUT2D eigenvalue weighted by Gasteiger charge is 2.08. The molecule has 96 valence electrons. The minimum absolute atomic E-state index is 0.00246. The summed E-state index contributed by atoms with van der Waals surface area (Å²) >= 11 is 7.06. The first-order valence-electron chi connectivity index (χ1n) is 5.17. The fraction of sp³-hybridized carbons (Fsp3) is 0.0833. The van der Waals surface area contributed by atoms with Crippen LogP contribution in [0.25, 0.3) is 0 Å². The van der Waals surface area contributed by atoms with E-state index in [1.165, 1.54) is 36.2 Å². The van der Waals surface area contributed by atoms with Gasteiger partial charge in [-0.15, -0.1) is 0 Å². The number of thioether (sulfide) groups is 1. The Morgan fingerprint density at radius 1 is 1.47 bits per heavy atom. The Balaban J connectivity index is 2.36. The lowest BCUT2D eigenvalue weighted by atomic mass is 10.3. The molecule has 1 heterocycles. The summed E-state index contributed by atoms with van der Waals surface area (Å²) in [6, 6.07) is 6.18.